The van der Waals surface area contributed by atoms with Gasteiger partial charge in [-0.05, 0) is 77.4 Å². The van der Waals surface area contributed by atoms with E-state index in [1.165, 1.54) is 5.56 Å². The molecule has 7 heteroatoms. The minimum atomic E-state index is -0.241. The Labute approximate surface area is 283 Å². The molecule has 0 bridgehead atoms. The Balaban J connectivity index is 0.00000405. The molecule has 2 unspecified atom stereocenters. The molecule has 6 nitrogen and oxygen atoms in total. The van der Waals surface area contributed by atoms with Gasteiger partial charge in [-0.15, -0.1) is 0 Å². The number of aliphatic hydroxyl groups excluding tert-OH is 1. The van der Waals surface area contributed by atoms with Crippen molar-refractivity contribution < 1.29 is 63.4 Å². The molecule has 1 aliphatic rings. The molecule has 1 heterocycles. The number of hydrogen-bond donors (Lipinski definition) is 3. The van der Waals surface area contributed by atoms with Gasteiger partial charge in [0.25, 0.3) is 5.91 Å². The van der Waals surface area contributed by atoms with Gasteiger partial charge in [0.15, 0.2) is 11.5 Å². The van der Waals surface area contributed by atoms with Gasteiger partial charge in [0.1, 0.15) is 13.2 Å². The molecule has 1 radical (unpaired) electrons. The van der Waals surface area contributed by atoms with E-state index >= 15 is 0 Å². The van der Waals surface area contributed by atoms with Crippen molar-refractivity contribution in [1.29, 1.82) is 0 Å². The Morgan fingerprint density at radius 1 is 0.833 bits per heavy atom. The Bertz CT molecular complexity index is 1490. The minimum Gasteiger partial charge on any atom is -0.486 e. The second-order valence-electron chi connectivity index (χ2n) is 10.4. The fourth-order valence-corrected chi connectivity index (χ4v) is 5.22. The van der Waals surface area contributed by atoms with Crippen LogP contribution in [0.5, 0.6) is 11.5 Å². The number of amides is 1. The molecule has 0 saturated heterocycles. The first-order valence-corrected chi connectivity index (χ1v) is 14.0. The Morgan fingerprint density at radius 2 is 1.52 bits per heavy atom. The van der Waals surface area contributed by atoms with Crippen molar-refractivity contribution in [2.24, 2.45) is 11.7 Å². The third-order valence-electron chi connectivity index (χ3n) is 7.53. The third kappa shape index (κ3) is 8.25. The number of nitrogens with two attached hydrogens (primary N) is 1. The van der Waals surface area contributed by atoms with Crippen LogP contribution in [-0.2, 0) is 12.8 Å². The van der Waals surface area contributed by atoms with Gasteiger partial charge in [-0.25, -0.2) is 0 Å². The molecule has 2 atom stereocenters. The molecule has 1 amide bonds. The van der Waals surface area contributed by atoms with Gasteiger partial charge < -0.3 is 25.6 Å². The van der Waals surface area contributed by atoms with Crippen molar-refractivity contribution >= 4 is 11.6 Å². The molecule has 0 aliphatic carbocycles. The maximum Gasteiger partial charge on any atom is 0.251 e. The second kappa shape index (κ2) is 15.4. The number of hydrogen-bond acceptors (Lipinski definition) is 5. The molecule has 0 fully saturated rings. The summed E-state index contributed by atoms with van der Waals surface area (Å²) in [5.41, 5.74) is 12.0. The van der Waals surface area contributed by atoms with E-state index in [4.69, 9.17) is 15.2 Å². The molecule has 42 heavy (non-hydrogen) atoms. The van der Waals surface area contributed by atoms with E-state index in [0.29, 0.717) is 37.3 Å². The van der Waals surface area contributed by atoms with Gasteiger partial charge in [-0.1, -0.05) is 73.3 Å². The summed E-state index contributed by atoms with van der Waals surface area (Å²) in [6.45, 7) is 4.86. The molecule has 5 rings (SSSR count). The van der Waals surface area contributed by atoms with Gasteiger partial charge in [0.2, 0.25) is 0 Å². The number of aliphatic hydroxyl groups is 1. The first-order chi connectivity index (χ1) is 20.0. The van der Waals surface area contributed by atoms with E-state index in [1.54, 1.807) is 0 Å². The third-order valence-corrected chi connectivity index (χ3v) is 7.53. The van der Waals surface area contributed by atoms with E-state index in [2.05, 4.69) is 24.0 Å². The van der Waals surface area contributed by atoms with Crippen LogP contribution in [0.25, 0.3) is 16.8 Å². The molecule has 4 aromatic carbocycles. The van der Waals surface area contributed by atoms with Crippen LogP contribution in [-0.4, -0.2) is 36.9 Å². The van der Waals surface area contributed by atoms with Gasteiger partial charge in [-0.3, -0.25) is 4.79 Å². The van der Waals surface area contributed by atoms with Crippen LogP contribution in [0.3, 0.4) is 0 Å². The Morgan fingerprint density at radius 3 is 2.24 bits per heavy atom. The van der Waals surface area contributed by atoms with E-state index in [0.717, 1.165) is 40.2 Å². The van der Waals surface area contributed by atoms with Crippen LogP contribution < -0.4 is 20.5 Å². The molecular formula is C35H36AcN2O4. The summed E-state index contributed by atoms with van der Waals surface area (Å²) in [5, 5.41) is 13.7. The number of rotatable bonds is 11. The predicted octanol–water partition coefficient (Wildman–Crippen LogP) is 5.64. The van der Waals surface area contributed by atoms with Crippen LogP contribution in [0.4, 0.5) is 0 Å². The van der Waals surface area contributed by atoms with Crippen molar-refractivity contribution in [3.63, 3.8) is 0 Å². The van der Waals surface area contributed by atoms with E-state index in [-0.39, 0.29) is 68.5 Å². The topological polar surface area (TPSA) is 93.8 Å². The van der Waals surface area contributed by atoms with Crippen molar-refractivity contribution in [1.82, 2.24) is 5.32 Å². The summed E-state index contributed by atoms with van der Waals surface area (Å²) in [4.78, 5) is 13.5. The minimum absolute atomic E-state index is 0. The number of ether oxygens (including phenoxy) is 2. The molecular weight excluding hydrogens is 739 g/mol. The zero-order valence-corrected chi connectivity index (χ0v) is 28.4. The number of fused-ring (bicyclic) bond motifs is 1. The summed E-state index contributed by atoms with van der Waals surface area (Å²) < 4.78 is 11.3. The smallest absolute Gasteiger partial charge is 0.251 e. The number of aryl methyl sites for hydroxylation is 1. The number of benzene rings is 4. The van der Waals surface area contributed by atoms with Crippen molar-refractivity contribution in [2.75, 3.05) is 19.8 Å². The summed E-state index contributed by atoms with van der Waals surface area (Å²) in [6, 6.07) is 31.2. The molecule has 4 N–H and O–H groups in total. The van der Waals surface area contributed by atoms with Crippen LogP contribution >= 0.6 is 0 Å². The molecule has 213 valence electrons. The fraction of sp³-hybridized carbons (Fsp3) is 0.229. The Kier molecular flexibility index (Phi) is 11.7. The monoisotopic (exact) mass is 775 g/mol. The maximum absolute atomic E-state index is 13.5. The summed E-state index contributed by atoms with van der Waals surface area (Å²) in [7, 11) is 0. The van der Waals surface area contributed by atoms with Crippen molar-refractivity contribution in [2.45, 2.75) is 25.3 Å². The molecule has 1 aliphatic heterocycles. The first-order valence-electron chi connectivity index (χ1n) is 14.0. The zero-order valence-electron chi connectivity index (χ0n) is 23.7. The zero-order chi connectivity index (χ0) is 28.6. The average molecular weight is 776 g/mol. The molecule has 0 spiro atoms. The van der Waals surface area contributed by atoms with E-state index in [1.807, 2.05) is 84.9 Å². The van der Waals surface area contributed by atoms with Crippen LogP contribution in [0, 0.1) is 50.0 Å². The second-order valence-corrected chi connectivity index (χ2v) is 10.4. The fourth-order valence-electron chi connectivity index (χ4n) is 5.22. The van der Waals surface area contributed by atoms with Gasteiger partial charge in [0.05, 0.1) is 0 Å². The maximum atomic E-state index is 13.5. The van der Waals surface area contributed by atoms with Crippen molar-refractivity contribution in [3.8, 4) is 22.6 Å². The largest absolute Gasteiger partial charge is 0.486 e. The van der Waals surface area contributed by atoms with Crippen molar-refractivity contribution in [3.05, 3.63) is 126 Å². The predicted molar refractivity (Wildman–Crippen MR) is 163 cm³/mol. The SMILES string of the molecule is C=C(N)c1cccc(CC(CO)C(CCc2ccccc2)NC(=O)c2ccc(-c3ccc4c(c3)OCCO4)cc2)c1.[Ac]. The van der Waals surface area contributed by atoms with Gasteiger partial charge in [0, 0.05) is 73.9 Å². The van der Waals surface area contributed by atoms with E-state index in [9.17, 15) is 9.90 Å². The number of carbonyl (C=O) groups is 1. The number of carbonyl (C=O) groups excluding carboxylic acids is 1. The van der Waals surface area contributed by atoms with E-state index < -0.39 is 0 Å². The quantitative estimate of drug-likeness (QED) is 0.184. The average Bonchev–Trinajstić information content (AvgIpc) is 3.02. The standard InChI is InChI=1S/C35H36N2O4.Ac/c1-24(36)29-9-5-8-26(20-29)21-31(23-38)32(16-10-25-6-3-2-4-7-25)37-35(39)28-13-11-27(12-14-28)30-15-17-33-34(22-30)41-19-18-40-33;/h2-9,11-15,17,20,22,31-32,38H,1,10,16,18-19,21,23,36H2,(H,37,39);. The summed E-state index contributed by atoms with van der Waals surface area (Å²) >= 11 is 0. The van der Waals surface area contributed by atoms with Gasteiger partial charge >= 0.3 is 0 Å². The Hall–Kier alpha value is -3.11. The molecule has 0 saturated carbocycles. The molecule has 4 aromatic rings. The number of nitrogens with one attached hydrogen (secondary N) is 1. The summed E-state index contributed by atoms with van der Waals surface area (Å²) in [5.74, 6) is 1.13. The van der Waals surface area contributed by atoms with Crippen LogP contribution in [0.2, 0.25) is 0 Å². The summed E-state index contributed by atoms with van der Waals surface area (Å²) in [6.07, 6.45) is 2.07. The first kappa shape index (κ1) is 31.8. The van der Waals surface area contributed by atoms with Gasteiger partial charge in [-0.2, -0.15) is 0 Å². The van der Waals surface area contributed by atoms with Crippen LogP contribution in [0.15, 0.2) is 104 Å². The molecule has 0 aromatic heterocycles. The van der Waals surface area contributed by atoms with Crippen LogP contribution in [0.1, 0.15) is 33.5 Å². The normalized spacial score (nSPS) is 13.4.